The summed E-state index contributed by atoms with van der Waals surface area (Å²) in [5.74, 6) is -0.0276. The van der Waals surface area contributed by atoms with Crippen LogP contribution in [0.4, 0.5) is 5.69 Å². The molecule has 36 heavy (non-hydrogen) atoms. The zero-order valence-electron chi connectivity index (χ0n) is 22.2. The highest BCUT2D eigenvalue weighted by Crippen LogP contribution is 2.43. The van der Waals surface area contributed by atoms with Gasteiger partial charge in [0.2, 0.25) is 5.91 Å². The second-order valence-corrected chi connectivity index (χ2v) is 12.7. The van der Waals surface area contributed by atoms with Gasteiger partial charge in [-0.05, 0) is 81.8 Å². The first-order valence-corrected chi connectivity index (χ1v) is 14.9. The first-order chi connectivity index (χ1) is 17.2. The third-order valence-corrected chi connectivity index (χ3v) is 9.71. The van der Waals surface area contributed by atoms with Gasteiger partial charge in [-0.3, -0.25) is 4.79 Å². The monoisotopic (exact) mass is 516 g/mol. The van der Waals surface area contributed by atoms with Gasteiger partial charge in [0.05, 0.1) is 5.69 Å². The zero-order chi connectivity index (χ0) is 25.8. The molecule has 0 saturated heterocycles. The number of carbonyl (C=O) groups is 2. The molecule has 4 rings (SSSR count). The van der Waals surface area contributed by atoms with E-state index in [9.17, 15) is 19.8 Å². The lowest BCUT2D eigenvalue weighted by molar-refractivity contribution is -0.124. The van der Waals surface area contributed by atoms with E-state index in [1.54, 1.807) is 0 Å². The Hall–Kier alpha value is -1.86. The fraction of sp³-hybridized carbons (Fsp3) is 0.724. The van der Waals surface area contributed by atoms with E-state index in [4.69, 9.17) is 0 Å². The Morgan fingerprint density at radius 1 is 1.06 bits per heavy atom. The van der Waals surface area contributed by atoms with Crippen LogP contribution >= 0.6 is 11.3 Å². The number of thiophene rings is 1. The molecule has 3 aliphatic rings. The third-order valence-electron chi connectivity index (χ3n) is 8.52. The molecule has 1 aromatic rings. The van der Waals surface area contributed by atoms with Crippen molar-refractivity contribution >= 4 is 34.5 Å². The molecule has 7 heteroatoms. The largest absolute Gasteiger partial charge is 0.477 e. The van der Waals surface area contributed by atoms with Crippen molar-refractivity contribution < 1.29 is 19.8 Å². The van der Waals surface area contributed by atoms with E-state index in [1.165, 1.54) is 23.3 Å². The number of hydrogen-bond acceptors (Lipinski definition) is 5. The summed E-state index contributed by atoms with van der Waals surface area (Å²) in [5, 5.41) is 25.1. The predicted octanol–water partition coefficient (Wildman–Crippen LogP) is 6.44. The van der Waals surface area contributed by atoms with Crippen LogP contribution in [-0.4, -0.2) is 40.4 Å². The van der Waals surface area contributed by atoms with Crippen LogP contribution in [0.5, 0.6) is 0 Å². The quantitative estimate of drug-likeness (QED) is 0.346. The van der Waals surface area contributed by atoms with Crippen LogP contribution in [-0.2, 0) is 4.79 Å². The topological polar surface area (TPSA) is 89.9 Å². The molecule has 3 aliphatic carbocycles. The van der Waals surface area contributed by atoms with Crippen molar-refractivity contribution in [2.24, 2.45) is 17.8 Å². The maximum Gasteiger partial charge on any atom is 0.348 e. The van der Waals surface area contributed by atoms with Crippen LogP contribution in [0.25, 0.3) is 5.57 Å². The molecule has 200 valence electrons. The summed E-state index contributed by atoms with van der Waals surface area (Å²) in [6, 6.07) is 2.26. The molecule has 1 amide bonds. The SMILES string of the molecule is CC1CCC(C(O)N(c2cc(C3=CCCCC3)sc2C(=O)O)C2CCC(NC(=O)C(C)C)CC2)CC1. The average Bonchev–Trinajstić information content (AvgIpc) is 3.31. The van der Waals surface area contributed by atoms with Crippen LogP contribution in [0.2, 0.25) is 0 Å². The number of nitrogens with zero attached hydrogens (tertiary/aromatic N) is 1. The minimum atomic E-state index is -0.912. The summed E-state index contributed by atoms with van der Waals surface area (Å²) >= 11 is 1.37. The Labute approximate surface area is 220 Å². The number of hydrogen-bond donors (Lipinski definition) is 3. The van der Waals surface area contributed by atoms with E-state index >= 15 is 0 Å². The van der Waals surface area contributed by atoms with Gasteiger partial charge in [-0.15, -0.1) is 11.3 Å². The number of aliphatic hydroxyl groups excluding tert-OH is 1. The minimum Gasteiger partial charge on any atom is -0.477 e. The Kier molecular flexibility index (Phi) is 9.15. The van der Waals surface area contributed by atoms with Gasteiger partial charge in [0.15, 0.2) is 0 Å². The Morgan fingerprint density at radius 3 is 2.33 bits per heavy atom. The number of aliphatic hydroxyl groups is 1. The summed E-state index contributed by atoms with van der Waals surface area (Å²) in [4.78, 5) is 28.1. The Morgan fingerprint density at radius 2 is 1.75 bits per heavy atom. The maximum atomic E-state index is 12.4. The fourth-order valence-corrected chi connectivity index (χ4v) is 7.24. The van der Waals surface area contributed by atoms with Gasteiger partial charge in [0, 0.05) is 28.8 Å². The van der Waals surface area contributed by atoms with Gasteiger partial charge in [-0.2, -0.15) is 0 Å². The molecule has 1 unspecified atom stereocenters. The predicted molar refractivity (Wildman–Crippen MR) is 146 cm³/mol. The molecular weight excluding hydrogens is 472 g/mol. The van der Waals surface area contributed by atoms with Gasteiger partial charge < -0.3 is 20.4 Å². The minimum absolute atomic E-state index is 0.0359. The zero-order valence-corrected chi connectivity index (χ0v) is 23.0. The van der Waals surface area contributed by atoms with Crippen LogP contribution in [0, 0.1) is 17.8 Å². The van der Waals surface area contributed by atoms with E-state index in [1.807, 2.05) is 19.9 Å². The lowest BCUT2D eigenvalue weighted by atomic mass is 9.80. The molecule has 0 spiro atoms. The number of nitrogens with one attached hydrogen (secondary N) is 1. The van der Waals surface area contributed by atoms with Gasteiger partial charge in [0.1, 0.15) is 11.1 Å². The van der Waals surface area contributed by atoms with E-state index in [0.717, 1.165) is 75.5 Å². The second-order valence-electron chi connectivity index (χ2n) is 11.6. The van der Waals surface area contributed by atoms with Crippen molar-refractivity contribution in [3.05, 3.63) is 21.9 Å². The van der Waals surface area contributed by atoms with E-state index < -0.39 is 12.2 Å². The lowest BCUT2D eigenvalue weighted by Gasteiger charge is -2.44. The maximum absolute atomic E-state index is 12.4. The summed E-state index contributed by atoms with van der Waals surface area (Å²) in [6.07, 6.45) is 13.5. The second kappa shape index (κ2) is 12.1. The molecule has 6 nitrogen and oxygen atoms in total. The highest BCUT2D eigenvalue weighted by molar-refractivity contribution is 7.15. The van der Waals surface area contributed by atoms with Crippen LogP contribution in [0.1, 0.15) is 112 Å². The van der Waals surface area contributed by atoms with Gasteiger partial charge in [0.25, 0.3) is 0 Å². The molecule has 3 N–H and O–H groups in total. The van der Waals surface area contributed by atoms with Crippen LogP contribution in [0.3, 0.4) is 0 Å². The number of rotatable bonds is 8. The van der Waals surface area contributed by atoms with E-state index in [-0.39, 0.29) is 29.8 Å². The highest BCUT2D eigenvalue weighted by atomic mass is 32.1. The number of allylic oxidation sites excluding steroid dienone is 2. The summed E-state index contributed by atoms with van der Waals surface area (Å²) in [6.45, 7) is 6.10. The average molecular weight is 517 g/mol. The van der Waals surface area contributed by atoms with Gasteiger partial charge in [-0.25, -0.2) is 4.79 Å². The molecule has 0 aromatic carbocycles. The highest BCUT2D eigenvalue weighted by Gasteiger charge is 2.38. The molecule has 0 radical (unpaired) electrons. The number of carboxylic acid groups (broad SMARTS) is 1. The number of carbonyl (C=O) groups excluding carboxylic acids is 1. The van der Waals surface area contributed by atoms with E-state index in [0.29, 0.717) is 16.5 Å². The summed E-state index contributed by atoms with van der Waals surface area (Å²) in [7, 11) is 0. The summed E-state index contributed by atoms with van der Waals surface area (Å²) in [5.41, 5.74) is 1.94. The third kappa shape index (κ3) is 6.34. The molecule has 1 heterocycles. The Bertz CT molecular complexity index is 939. The van der Waals surface area contributed by atoms with Crippen molar-refractivity contribution in [2.45, 2.75) is 116 Å². The van der Waals surface area contributed by atoms with Crippen LogP contribution < -0.4 is 10.2 Å². The number of anilines is 1. The number of carboxylic acids is 1. The summed E-state index contributed by atoms with van der Waals surface area (Å²) < 4.78 is 0. The van der Waals surface area contributed by atoms with Crippen molar-refractivity contribution in [3.63, 3.8) is 0 Å². The van der Waals surface area contributed by atoms with Gasteiger partial charge in [-0.1, -0.05) is 39.7 Å². The van der Waals surface area contributed by atoms with Crippen molar-refractivity contribution in [1.82, 2.24) is 5.32 Å². The fourth-order valence-electron chi connectivity index (χ4n) is 6.18. The first kappa shape index (κ1) is 27.2. The molecule has 2 fully saturated rings. The molecule has 1 atom stereocenters. The van der Waals surface area contributed by atoms with Gasteiger partial charge >= 0.3 is 5.97 Å². The Balaban J connectivity index is 1.61. The lowest BCUT2D eigenvalue weighted by Crippen LogP contribution is -2.51. The molecule has 0 aliphatic heterocycles. The first-order valence-electron chi connectivity index (χ1n) is 14.1. The standard InChI is InChI=1S/C29H44N2O4S/c1-18(2)27(32)30-22-13-15-23(16-14-22)31(28(33)21-11-9-19(3)10-12-21)24-17-25(36-26(24)29(34)35)20-7-5-4-6-8-20/h7,17-19,21-23,28,33H,4-6,8-16H2,1-3H3,(H,30,32)(H,34,35). The number of amides is 1. The number of aromatic carboxylic acids is 1. The normalized spacial score (nSPS) is 27.9. The van der Waals surface area contributed by atoms with Crippen molar-refractivity contribution in [2.75, 3.05) is 4.90 Å². The molecule has 2 saturated carbocycles. The smallest absolute Gasteiger partial charge is 0.348 e. The van der Waals surface area contributed by atoms with Crippen molar-refractivity contribution in [3.8, 4) is 0 Å². The molecule has 1 aromatic heterocycles. The van der Waals surface area contributed by atoms with Crippen molar-refractivity contribution in [1.29, 1.82) is 0 Å². The molecular formula is C29H44N2O4S. The molecule has 0 bridgehead atoms. The van der Waals surface area contributed by atoms with E-state index in [2.05, 4.69) is 23.2 Å². The van der Waals surface area contributed by atoms with Crippen LogP contribution in [0.15, 0.2) is 12.1 Å².